The van der Waals surface area contributed by atoms with Crippen molar-refractivity contribution >= 4 is 15.9 Å². The average Bonchev–Trinajstić information content (AvgIpc) is 2.33. The van der Waals surface area contributed by atoms with Crippen LogP contribution in [0.5, 0.6) is 0 Å². The highest BCUT2D eigenvalue weighted by Gasteiger charge is 2.20. The summed E-state index contributed by atoms with van der Waals surface area (Å²) in [5, 5.41) is 3.56. The van der Waals surface area contributed by atoms with Gasteiger partial charge in [-0.2, -0.15) is 0 Å². The molecule has 1 saturated carbocycles. The van der Waals surface area contributed by atoms with Gasteiger partial charge >= 0.3 is 0 Å². The van der Waals surface area contributed by atoms with Crippen LogP contribution in [0.4, 0.5) is 4.39 Å². The molecule has 0 spiro atoms. The van der Waals surface area contributed by atoms with Crippen LogP contribution in [0, 0.1) is 11.7 Å². The molecule has 1 N–H and O–H groups in total. The first-order chi connectivity index (χ1) is 8.18. The van der Waals surface area contributed by atoms with Gasteiger partial charge in [-0.25, -0.2) is 4.39 Å². The minimum absolute atomic E-state index is 0.180. The molecule has 1 aliphatic rings. The zero-order chi connectivity index (χ0) is 12.3. The van der Waals surface area contributed by atoms with Crippen molar-refractivity contribution in [3.63, 3.8) is 0 Å². The molecule has 2 unspecified atom stereocenters. The Morgan fingerprint density at radius 1 is 1.35 bits per heavy atom. The Morgan fingerprint density at radius 2 is 2.12 bits per heavy atom. The van der Waals surface area contributed by atoms with Crippen LogP contribution in [0.1, 0.15) is 38.2 Å². The van der Waals surface area contributed by atoms with Gasteiger partial charge in [0.25, 0.3) is 0 Å². The average molecular weight is 300 g/mol. The SMILES string of the molecule is CC1CCCCC1NCc1cccc(F)c1Br. The van der Waals surface area contributed by atoms with Crippen LogP contribution in [0.15, 0.2) is 22.7 Å². The van der Waals surface area contributed by atoms with Crippen molar-refractivity contribution in [1.29, 1.82) is 0 Å². The van der Waals surface area contributed by atoms with Crippen molar-refractivity contribution in [3.05, 3.63) is 34.1 Å². The van der Waals surface area contributed by atoms with Gasteiger partial charge in [0.2, 0.25) is 0 Å². The molecular formula is C14H19BrFN. The largest absolute Gasteiger partial charge is 0.310 e. The number of hydrogen-bond donors (Lipinski definition) is 1. The number of nitrogens with one attached hydrogen (secondary N) is 1. The van der Waals surface area contributed by atoms with Crippen LogP contribution >= 0.6 is 15.9 Å². The smallest absolute Gasteiger partial charge is 0.137 e. The molecule has 1 aromatic rings. The number of halogens is 2. The monoisotopic (exact) mass is 299 g/mol. The van der Waals surface area contributed by atoms with Crippen LogP contribution < -0.4 is 5.32 Å². The maximum absolute atomic E-state index is 13.3. The summed E-state index contributed by atoms with van der Waals surface area (Å²) in [6, 6.07) is 5.80. The maximum atomic E-state index is 13.3. The van der Waals surface area contributed by atoms with E-state index in [2.05, 4.69) is 28.2 Å². The fourth-order valence-electron chi connectivity index (χ4n) is 2.55. The predicted octanol–water partition coefficient (Wildman–Crippen LogP) is 4.26. The van der Waals surface area contributed by atoms with Crippen LogP contribution in [0.3, 0.4) is 0 Å². The Hall–Kier alpha value is -0.410. The van der Waals surface area contributed by atoms with E-state index in [1.807, 2.05) is 6.07 Å². The summed E-state index contributed by atoms with van der Waals surface area (Å²) in [6.45, 7) is 3.05. The van der Waals surface area contributed by atoms with Gasteiger partial charge in [-0.1, -0.05) is 31.9 Å². The summed E-state index contributed by atoms with van der Waals surface area (Å²) >= 11 is 3.31. The van der Waals surface area contributed by atoms with Gasteiger partial charge in [-0.05, 0) is 46.3 Å². The second kappa shape index (κ2) is 5.96. The van der Waals surface area contributed by atoms with Gasteiger partial charge in [0.05, 0.1) is 4.47 Å². The van der Waals surface area contributed by atoms with Gasteiger partial charge in [0.15, 0.2) is 0 Å². The Balaban J connectivity index is 1.95. The van der Waals surface area contributed by atoms with Crippen molar-refractivity contribution in [2.24, 2.45) is 5.92 Å². The topological polar surface area (TPSA) is 12.0 Å². The lowest BCUT2D eigenvalue weighted by molar-refractivity contribution is 0.279. The molecule has 0 amide bonds. The molecular weight excluding hydrogens is 281 g/mol. The second-order valence-electron chi connectivity index (χ2n) is 4.96. The Morgan fingerprint density at radius 3 is 2.88 bits per heavy atom. The van der Waals surface area contributed by atoms with Crippen molar-refractivity contribution in [2.75, 3.05) is 0 Å². The fraction of sp³-hybridized carbons (Fsp3) is 0.571. The normalized spacial score (nSPS) is 24.9. The molecule has 0 aliphatic heterocycles. The van der Waals surface area contributed by atoms with Crippen LogP contribution in [-0.2, 0) is 6.54 Å². The quantitative estimate of drug-likeness (QED) is 0.879. The van der Waals surface area contributed by atoms with E-state index in [1.165, 1.54) is 31.7 Å². The zero-order valence-corrected chi connectivity index (χ0v) is 11.8. The van der Waals surface area contributed by atoms with Crippen molar-refractivity contribution in [1.82, 2.24) is 5.32 Å². The Kier molecular flexibility index (Phi) is 4.57. The minimum atomic E-state index is -0.180. The summed E-state index contributed by atoms with van der Waals surface area (Å²) in [5.74, 6) is 0.553. The van der Waals surface area contributed by atoms with E-state index < -0.39 is 0 Å². The summed E-state index contributed by atoms with van der Waals surface area (Å²) in [6.07, 6.45) is 5.21. The summed E-state index contributed by atoms with van der Waals surface area (Å²) in [4.78, 5) is 0. The van der Waals surface area contributed by atoms with Gasteiger partial charge in [0.1, 0.15) is 5.82 Å². The van der Waals surface area contributed by atoms with Crippen LogP contribution in [-0.4, -0.2) is 6.04 Å². The second-order valence-corrected chi connectivity index (χ2v) is 5.76. The molecule has 2 atom stereocenters. The fourth-order valence-corrected chi connectivity index (χ4v) is 2.95. The van der Waals surface area contributed by atoms with E-state index in [4.69, 9.17) is 0 Å². The zero-order valence-electron chi connectivity index (χ0n) is 10.2. The molecule has 0 aromatic heterocycles. The number of rotatable bonds is 3. The van der Waals surface area contributed by atoms with Gasteiger partial charge in [-0.15, -0.1) is 0 Å². The molecule has 1 nitrogen and oxygen atoms in total. The van der Waals surface area contributed by atoms with Gasteiger partial charge in [-0.3, -0.25) is 0 Å². The summed E-state index contributed by atoms with van der Waals surface area (Å²) in [5.41, 5.74) is 1.00. The first-order valence-electron chi connectivity index (χ1n) is 6.34. The van der Waals surface area contributed by atoms with E-state index in [-0.39, 0.29) is 5.82 Å². The number of benzene rings is 1. The molecule has 1 aromatic carbocycles. The highest BCUT2D eigenvalue weighted by molar-refractivity contribution is 9.10. The van der Waals surface area contributed by atoms with Crippen molar-refractivity contribution < 1.29 is 4.39 Å². The van der Waals surface area contributed by atoms with Crippen molar-refractivity contribution in [3.8, 4) is 0 Å². The molecule has 94 valence electrons. The lowest BCUT2D eigenvalue weighted by Crippen LogP contribution is -2.36. The van der Waals surface area contributed by atoms with Crippen LogP contribution in [0.2, 0.25) is 0 Å². The summed E-state index contributed by atoms with van der Waals surface area (Å²) < 4.78 is 13.9. The highest BCUT2D eigenvalue weighted by atomic mass is 79.9. The van der Waals surface area contributed by atoms with E-state index in [1.54, 1.807) is 6.07 Å². The Bertz CT molecular complexity index is 380. The molecule has 0 radical (unpaired) electrons. The van der Waals surface area contributed by atoms with Crippen LogP contribution in [0.25, 0.3) is 0 Å². The number of hydrogen-bond acceptors (Lipinski definition) is 1. The molecule has 0 heterocycles. The molecule has 0 bridgehead atoms. The first kappa shape index (κ1) is 13.0. The van der Waals surface area contributed by atoms with Gasteiger partial charge < -0.3 is 5.32 Å². The lowest BCUT2D eigenvalue weighted by Gasteiger charge is -2.29. The Labute approximate surface area is 111 Å². The molecule has 3 heteroatoms. The maximum Gasteiger partial charge on any atom is 0.137 e. The van der Waals surface area contributed by atoms with Crippen molar-refractivity contribution in [2.45, 2.75) is 45.2 Å². The minimum Gasteiger partial charge on any atom is -0.310 e. The molecule has 1 fully saturated rings. The first-order valence-corrected chi connectivity index (χ1v) is 7.14. The molecule has 2 rings (SSSR count). The molecule has 17 heavy (non-hydrogen) atoms. The highest BCUT2D eigenvalue weighted by Crippen LogP contribution is 2.25. The third-order valence-electron chi connectivity index (χ3n) is 3.70. The van der Waals surface area contributed by atoms with E-state index >= 15 is 0 Å². The standard InChI is InChI=1S/C14H19BrFN/c1-10-5-2-3-8-13(10)17-9-11-6-4-7-12(16)14(11)15/h4,6-7,10,13,17H,2-3,5,8-9H2,1H3. The van der Waals surface area contributed by atoms with E-state index in [0.717, 1.165) is 18.0 Å². The van der Waals surface area contributed by atoms with Gasteiger partial charge in [0, 0.05) is 12.6 Å². The molecule has 0 saturated heterocycles. The predicted molar refractivity (Wildman–Crippen MR) is 72.4 cm³/mol. The van der Waals surface area contributed by atoms with E-state index in [9.17, 15) is 4.39 Å². The lowest BCUT2D eigenvalue weighted by atomic mass is 9.86. The molecule has 1 aliphatic carbocycles. The summed E-state index contributed by atoms with van der Waals surface area (Å²) in [7, 11) is 0. The van der Waals surface area contributed by atoms with E-state index in [0.29, 0.717) is 10.5 Å². The third-order valence-corrected chi connectivity index (χ3v) is 4.59. The third kappa shape index (κ3) is 3.29.